The van der Waals surface area contributed by atoms with Gasteiger partial charge in [0.05, 0.1) is 17.7 Å². The lowest BCUT2D eigenvalue weighted by molar-refractivity contribution is 0.0785. The predicted molar refractivity (Wildman–Crippen MR) is 78.7 cm³/mol. The Hall–Kier alpha value is -2.07. The zero-order valence-corrected chi connectivity index (χ0v) is 12.1. The van der Waals surface area contributed by atoms with E-state index in [0.717, 1.165) is 11.3 Å². The molecule has 0 aliphatic rings. The summed E-state index contributed by atoms with van der Waals surface area (Å²) in [5.74, 6) is -0.104. The number of nitrogens with one attached hydrogen (secondary N) is 2. The Morgan fingerprint density at radius 3 is 2.55 bits per heavy atom. The molecule has 1 unspecified atom stereocenters. The van der Waals surface area contributed by atoms with Crippen LogP contribution in [0.15, 0.2) is 42.6 Å². The van der Waals surface area contributed by atoms with Crippen LogP contribution in [-0.2, 0) is 10.3 Å². The molecule has 0 fully saturated rings. The number of ether oxygens (including phenoxy) is 1. The van der Waals surface area contributed by atoms with Gasteiger partial charge in [-0.05, 0) is 25.5 Å². The molecule has 2 rings (SSSR count). The summed E-state index contributed by atoms with van der Waals surface area (Å²) in [7, 11) is 1.63. The molecule has 0 aliphatic heterocycles. The van der Waals surface area contributed by atoms with Crippen molar-refractivity contribution >= 4 is 5.91 Å². The predicted octanol–water partition coefficient (Wildman–Crippen LogP) is 2.61. The minimum Gasteiger partial charge on any atom is -0.382 e. The Kier molecular flexibility index (Phi) is 4.25. The molecule has 20 heavy (non-hydrogen) atoms. The molecule has 1 heterocycles. The number of carbonyl (C=O) groups excluding carboxylic acids is 1. The van der Waals surface area contributed by atoms with Crippen molar-refractivity contribution in [2.24, 2.45) is 0 Å². The Balaban J connectivity index is 2.26. The average molecular weight is 272 g/mol. The first-order valence-corrected chi connectivity index (χ1v) is 6.58. The van der Waals surface area contributed by atoms with E-state index in [9.17, 15) is 4.79 Å². The first-order valence-electron chi connectivity index (χ1n) is 6.58. The van der Waals surface area contributed by atoms with E-state index in [0.29, 0.717) is 12.2 Å². The van der Waals surface area contributed by atoms with Gasteiger partial charge < -0.3 is 15.0 Å². The smallest absolute Gasteiger partial charge is 0.253 e. The van der Waals surface area contributed by atoms with Crippen molar-refractivity contribution in [2.75, 3.05) is 13.7 Å². The van der Waals surface area contributed by atoms with Crippen molar-refractivity contribution in [3.05, 3.63) is 59.4 Å². The van der Waals surface area contributed by atoms with E-state index in [1.54, 1.807) is 19.4 Å². The van der Waals surface area contributed by atoms with Crippen LogP contribution in [0.25, 0.3) is 0 Å². The fourth-order valence-corrected chi connectivity index (χ4v) is 2.30. The maximum atomic E-state index is 12.4. The number of benzene rings is 1. The molecule has 0 spiro atoms. The Labute approximate surface area is 119 Å². The second-order valence-electron chi connectivity index (χ2n) is 5.10. The van der Waals surface area contributed by atoms with Crippen molar-refractivity contribution in [3.8, 4) is 0 Å². The Morgan fingerprint density at radius 2 is 2.00 bits per heavy atom. The van der Waals surface area contributed by atoms with E-state index in [1.165, 1.54) is 0 Å². The summed E-state index contributed by atoms with van der Waals surface area (Å²) >= 11 is 0. The molecule has 1 amide bonds. The van der Waals surface area contributed by atoms with Gasteiger partial charge in [0.1, 0.15) is 0 Å². The number of hydrogen-bond donors (Lipinski definition) is 2. The number of carbonyl (C=O) groups is 1. The number of rotatable bonds is 5. The van der Waals surface area contributed by atoms with E-state index < -0.39 is 5.54 Å². The van der Waals surface area contributed by atoms with Gasteiger partial charge in [0.15, 0.2) is 0 Å². The van der Waals surface area contributed by atoms with Crippen LogP contribution in [0.2, 0.25) is 0 Å². The standard InChI is InChI=1S/C16H20N2O2/c1-12-14(9-10-17-12)15(19)18-16(2,11-20-3)13-7-5-4-6-8-13/h4-10,17H,11H2,1-3H3,(H,18,19). The van der Waals surface area contributed by atoms with Gasteiger partial charge in [-0.15, -0.1) is 0 Å². The number of aromatic amines is 1. The summed E-state index contributed by atoms with van der Waals surface area (Å²) in [4.78, 5) is 15.4. The van der Waals surface area contributed by atoms with E-state index >= 15 is 0 Å². The molecule has 0 saturated heterocycles. The summed E-state index contributed by atoms with van der Waals surface area (Å²) in [6.07, 6.45) is 1.76. The van der Waals surface area contributed by atoms with Crippen LogP contribution in [0, 0.1) is 6.92 Å². The van der Waals surface area contributed by atoms with Crippen LogP contribution in [0.5, 0.6) is 0 Å². The van der Waals surface area contributed by atoms with Crippen molar-refractivity contribution in [3.63, 3.8) is 0 Å². The van der Waals surface area contributed by atoms with Crippen molar-refractivity contribution < 1.29 is 9.53 Å². The van der Waals surface area contributed by atoms with E-state index in [1.807, 2.05) is 44.2 Å². The van der Waals surface area contributed by atoms with Crippen LogP contribution in [0.1, 0.15) is 28.5 Å². The van der Waals surface area contributed by atoms with E-state index in [4.69, 9.17) is 4.74 Å². The van der Waals surface area contributed by atoms with Crippen LogP contribution < -0.4 is 5.32 Å². The van der Waals surface area contributed by atoms with Gasteiger partial charge in [0, 0.05) is 19.0 Å². The van der Waals surface area contributed by atoms with Crippen molar-refractivity contribution in [1.29, 1.82) is 0 Å². The van der Waals surface area contributed by atoms with Gasteiger partial charge in [-0.1, -0.05) is 30.3 Å². The molecule has 1 aromatic carbocycles. The molecule has 4 nitrogen and oxygen atoms in total. The van der Waals surface area contributed by atoms with Gasteiger partial charge in [-0.3, -0.25) is 4.79 Å². The lowest BCUT2D eigenvalue weighted by atomic mass is 9.92. The second-order valence-corrected chi connectivity index (χ2v) is 5.10. The number of aromatic nitrogens is 1. The summed E-state index contributed by atoms with van der Waals surface area (Å²) in [6.45, 7) is 4.25. The fraction of sp³-hybridized carbons (Fsp3) is 0.312. The zero-order chi connectivity index (χ0) is 14.6. The Bertz CT molecular complexity index is 577. The lowest BCUT2D eigenvalue weighted by Gasteiger charge is -2.30. The number of hydrogen-bond acceptors (Lipinski definition) is 2. The van der Waals surface area contributed by atoms with Gasteiger partial charge >= 0.3 is 0 Å². The average Bonchev–Trinajstić information content (AvgIpc) is 2.86. The largest absolute Gasteiger partial charge is 0.382 e. The minimum atomic E-state index is -0.559. The molecule has 2 N–H and O–H groups in total. The second kappa shape index (κ2) is 5.92. The van der Waals surface area contributed by atoms with E-state index in [-0.39, 0.29) is 5.91 Å². The van der Waals surface area contributed by atoms with Crippen LogP contribution in [0.4, 0.5) is 0 Å². The third-order valence-electron chi connectivity index (χ3n) is 3.43. The SMILES string of the molecule is COCC(C)(NC(=O)c1cc[nH]c1C)c1ccccc1. The number of amides is 1. The quantitative estimate of drug-likeness (QED) is 0.879. The molecule has 1 atom stereocenters. The normalized spacial score (nSPS) is 13.8. The van der Waals surface area contributed by atoms with Crippen molar-refractivity contribution in [1.82, 2.24) is 10.3 Å². The zero-order valence-electron chi connectivity index (χ0n) is 12.1. The van der Waals surface area contributed by atoms with Crippen LogP contribution >= 0.6 is 0 Å². The first-order chi connectivity index (χ1) is 9.57. The third-order valence-corrected chi connectivity index (χ3v) is 3.43. The Morgan fingerprint density at radius 1 is 1.30 bits per heavy atom. The molecule has 1 aromatic heterocycles. The molecule has 0 radical (unpaired) electrons. The molecular formula is C16H20N2O2. The van der Waals surface area contributed by atoms with E-state index in [2.05, 4.69) is 10.3 Å². The maximum absolute atomic E-state index is 12.4. The lowest BCUT2D eigenvalue weighted by Crippen LogP contribution is -2.46. The first kappa shape index (κ1) is 14.3. The summed E-state index contributed by atoms with van der Waals surface area (Å²) in [5.41, 5.74) is 1.97. The highest BCUT2D eigenvalue weighted by Gasteiger charge is 2.29. The molecule has 0 aliphatic carbocycles. The molecule has 106 valence electrons. The monoisotopic (exact) mass is 272 g/mol. The van der Waals surface area contributed by atoms with Gasteiger partial charge in [-0.25, -0.2) is 0 Å². The van der Waals surface area contributed by atoms with Crippen LogP contribution in [0.3, 0.4) is 0 Å². The maximum Gasteiger partial charge on any atom is 0.253 e. The highest BCUT2D eigenvalue weighted by atomic mass is 16.5. The highest BCUT2D eigenvalue weighted by Crippen LogP contribution is 2.22. The fourth-order valence-electron chi connectivity index (χ4n) is 2.30. The van der Waals surface area contributed by atoms with Gasteiger partial charge in [0.25, 0.3) is 5.91 Å². The summed E-state index contributed by atoms with van der Waals surface area (Å²) < 4.78 is 5.29. The highest BCUT2D eigenvalue weighted by molar-refractivity contribution is 5.95. The molecular weight excluding hydrogens is 252 g/mol. The minimum absolute atomic E-state index is 0.104. The number of methoxy groups -OCH3 is 1. The molecule has 2 aromatic rings. The van der Waals surface area contributed by atoms with Crippen molar-refractivity contribution in [2.45, 2.75) is 19.4 Å². The summed E-state index contributed by atoms with van der Waals surface area (Å²) in [5, 5.41) is 3.07. The molecule has 4 heteroatoms. The number of aryl methyl sites for hydroxylation is 1. The molecule has 0 bridgehead atoms. The third kappa shape index (κ3) is 2.91. The van der Waals surface area contributed by atoms with Gasteiger partial charge in [0.2, 0.25) is 0 Å². The topological polar surface area (TPSA) is 54.1 Å². The number of H-pyrrole nitrogens is 1. The summed E-state index contributed by atoms with van der Waals surface area (Å²) in [6, 6.07) is 11.6. The van der Waals surface area contributed by atoms with Crippen LogP contribution in [-0.4, -0.2) is 24.6 Å². The van der Waals surface area contributed by atoms with Gasteiger partial charge in [-0.2, -0.15) is 0 Å². The molecule has 0 saturated carbocycles.